The van der Waals surface area contributed by atoms with Crippen molar-refractivity contribution >= 4 is 33.1 Å². The number of halogens is 1. The standard InChI is InChI=1S/C31H30FN3O3S/c1-17-21-5-3-2-4-18(21)10-11-35(17)31(38)26-13-23(19-6-7-19)24-14-29(39-30(24)33-26)22-9-8-20(12-25(22)32)34-15-27(36)28(37)16-34/h2-5,8-9,12-14,17,19,27-28,36-37H,6-7,10-11,15-16H2,1H3/t17-,27+,28+/m1/s1. The molecule has 2 aliphatic heterocycles. The van der Waals surface area contributed by atoms with Gasteiger partial charge >= 0.3 is 0 Å². The van der Waals surface area contributed by atoms with Gasteiger partial charge in [-0.25, -0.2) is 9.37 Å². The van der Waals surface area contributed by atoms with Crippen LogP contribution in [0.3, 0.4) is 0 Å². The number of hydrogen-bond donors (Lipinski definition) is 2. The lowest BCUT2D eigenvalue weighted by Gasteiger charge is -2.35. The number of anilines is 1. The third-order valence-electron chi connectivity index (χ3n) is 8.47. The molecular formula is C31H30FN3O3S. The number of aliphatic hydroxyl groups is 2. The SMILES string of the molecule is C[C@@H]1c2ccccc2CCN1C(=O)c1cc(C2CC2)c2cc(-c3ccc(N4C[C@H](O)[C@@H](O)C4)cc3F)sc2n1. The second-order valence-electron chi connectivity index (χ2n) is 11.0. The molecule has 4 heterocycles. The molecule has 3 atom stereocenters. The van der Waals surface area contributed by atoms with E-state index in [-0.39, 0.29) is 30.9 Å². The van der Waals surface area contributed by atoms with Crippen molar-refractivity contribution in [1.82, 2.24) is 9.88 Å². The molecule has 1 saturated heterocycles. The Morgan fingerprint density at radius 2 is 1.79 bits per heavy atom. The summed E-state index contributed by atoms with van der Waals surface area (Å²) in [6.07, 6.45) is 1.34. The lowest BCUT2D eigenvalue weighted by atomic mass is 9.93. The summed E-state index contributed by atoms with van der Waals surface area (Å²) in [5, 5.41) is 20.7. The zero-order chi connectivity index (χ0) is 26.8. The Kier molecular flexibility index (Phi) is 5.95. The molecule has 6 nitrogen and oxygen atoms in total. The Morgan fingerprint density at radius 3 is 2.54 bits per heavy atom. The van der Waals surface area contributed by atoms with E-state index in [0.717, 1.165) is 39.9 Å². The van der Waals surface area contributed by atoms with Gasteiger partial charge < -0.3 is 20.0 Å². The Bertz CT molecular complexity index is 1590. The first-order valence-electron chi connectivity index (χ1n) is 13.6. The lowest BCUT2D eigenvalue weighted by Crippen LogP contribution is -2.39. The van der Waals surface area contributed by atoms with E-state index < -0.39 is 12.2 Å². The number of aliphatic hydroxyl groups excluding tert-OH is 2. The number of β-amino-alcohol motifs (C(OH)–C–C–N with tert-alkyl or cyclic N) is 2. The number of nitrogens with zero attached hydrogens (tertiary/aromatic N) is 3. The van der Waals surface area contributed by atoms with Crippen LogP contribution in [0.4, 0.5) is 10.1 Å². The number of rotatable bonds is 4. The highest BCUT2D eigenvalue weighted by molar-refractivity contribution is 7.21. The van der Waals surface area contributed by atoms with E-state index in [1.807, 2.05) is 35.2 Å². The largest absolute Gasteiger partial charge is 0.389 e. The van der Waals surface area contributed by atoms with Gasteiger partial charge in [-0.2, -0.15) is 0 Å². The van der Waals surface area contributed by atoms with Gasteiger partial charge in [0.1, 0.15) is 16.3 Å². The van der Waals surface area contributed by atoms with Crippen molar-refractivity contribution in [2.24, 2.45) is 0 Å². The highest BCUT2D eigenvalue weighted by Gasteiger charge is 2.33. The summed E-state index contributed by atoms with van der Waals surface area (Å²) in [6, 6.07) is 17.3. The van der Waals surface area contributed by atoms with Crippen LogP contribution in [0.2, 0.25) is 0 Å². The molecule has 4 aromatic rings. The molecule has 39 heavy (non-hydrogen) atoms. The predicted molar refractivity (Wildman–Crippen MR) is 151 cm³/mol. The fourth-order valence-electron chi connectivity index (χ4n) is 6.09. The van der Waals surface area contributed by atoms with Crippen molar-refractivity contribution < 1.29 is 19.4 Å². The predicted octanol–water partition coefficient (Wildman–Crippen LogP) is 5.28. The zero-order valence-corrected chi connectivity index (χ0v) is 22.5. The van der Waals surface area contributed by atoms with Crippen molar-refractivity contribution in [2.45, 2.75) is 50.4 Å². The van der Waals surface area contributed by atoms with E-state index in [0.29, 0.717) is 29.4 Å². The van der Waals surface area contributed by atoms with Crippen molar-refractivity contribution in [2.75, 3.05) is 24.5 Å². The van der Waals surface area contributed by atoms with Crippen molar-refractivity contribution in [1.29, 1.82) is 0 Å². The number of aromatic nitrogens is 1. The first kappa shape index (κ1) is 24.7. The number of benzene rings is 2. The van der Waals surface area contributed by atoms with Crippen LogP contribution in [0, 0.1) is 5.82 Å². The van der Waals surface area contributed by atoms with E-state index in [2.05, 4.69) is 19.1 Å². The van der Waals surface area contributed by atoms with Crippen LogP contribution in [0.25, 0.3) is 20.7 Å². The topological polar surface area (TPSA) is 76.9 Å². The third-order valence-corrected chi connectivity index (χ3v) is 9.53. The number of carbonyl (C=O) groups excluding carboxylic acids is 1. The average Bonchev–Trinajstić information content (AvgIpc) is 3.61. The monoisotopic (exact) mass is 543 g/mol. The van der Waals surface area contributed by atoms with Crippen LogP contribution in [0.15, 0.2) is 54.6 Å². The Hall–Kier alpha value is -3.33. The van der Waals surface area contributed by atoms with Gasteiger partial charge in [-0.05, 0) is 79.1 Å². The fraction of sp³-hybridized carbons (Fsp3) is 0.355. The molecule has 2 aromatic heterocycles. The van der Waals surface area contributed by atoms with Crippen LogP contribution in [-0.2, 0) is 6.42 Å². The van der Waals surface area contributed by atoms with Crippen LogP contribution in [0.5, 0.6) is 0 Å². The molecule has 8 heteroatoms. The maximum absolute atomic E-state index is 15.4. The van der Waals surface area contributed by atoms with Gasteiger partial charge in [-0.15, -0.1) is 11.3 Å². The molecule has 3 aliphatic rings. The lowest BCUT2D eigenvalue weighted by molar-refractivity contribution is 0.0572. The number of pyridine rings is 1. The molecule has 0 unspecified atom stereocenters. The van der Waals surface area contributed by atoms with Gasteiger partial charge in [0, 0.05) is 41.1 Å². The summed E-state index contributed by atoms with van der Waals surface area (Å²) in [7, 11) is 0. The Balaban J connectivity index is 1.22. The molecule has 1 amide bonds. The number of fused-ring (bicyclic) bond motifs is 2. The van der Waals surface area contributed by atoms with Crippen LogP contribution < -0.4 is 4.90 Å². The molecule has 2 aromatic carbocycles. The maximum atomic E-state index is 15.4. The van der Waals surface area contributed by atoms with Crippen LogP contribution in [-0.4, -0.2) is 57.8 Å². The highest BCUT2D eigenvalue weighted by atomic mass is 32.1. The molecule has 2 fully saturated rings. The second-order valence-corrected chi connectivity index (χ2v) is 12.1. The average molecular weight is 544 g/mol. The van der Waals surface area contributed by atoms with Gasteiger partial charge in [-0.1, -0.05) is 24.3 Å². The van der Waals surface area contributed by atoms with Gasteiger partial charge in [0.2, 0.25) is 0 Å². The molecule has 1 aliphatic carbocycles. The minimum atomic E-state index is -0.832. The van der Waals surface area contributed by atoms with E-state index in [1.165, 1.54) is 28.5 Å². The van der Waals surface area contributed by atoms with Gasteiger partial charge in [0.15, 0.2) is 0 Å². The number of hydrogen-bond acceptors (Lipinski definition) is 6. The smallest absolute Gasteiger partial charge is 0.273 e. The molecule has 0 radical (unpaired) electrons. The molecule has 200 valence electrons. The summed E-state index contributed by atoms with van der Waals surface area (Å²) >= 11 is 1.41. The zero-order valence-electron chi connectivity index (χ0n) is 21.7. The third kappa shape index (κ3) is 4.31. The van der Waals surface area contributed by atoms with Gasteiger partial charge in [0.25, 0.3) is 5.91 Å². The van der Waals surface area contributed by atoms with Crippen molar-refractivity contribution in [3.8, 4) is 10.4 Å². The van der Waals surface area contributed by atoms with E-state index in [9.17, 15) is 15.0 Å². The van der Waals surface area contributed by atoms with Gasteiger partial charge in [0.05, 0.1) is 18.2 Å². The van der Waals surface area contributed by atoms with Crippen LogP contribution in [0.1, 0.15) is 58.9 Å². The normalized spacial score (nSPS) is 22.9. The summed E-state index contributed by atoms with van der Waals surface area (Å²) in [5.74, 6) is -0.00876. The molecule has 1 saturated carbocycles. The molecule has 2 N–H and O–H groups in total. The fourth-order valence-corrected chi connectivity index (χ4v) is 7.18. The van der Waals surface area contributed by atoms with Crippen molar-refractivity contribution in [3.63, 3.8) is 0 Å². The molecular weight excluding hydrogens is 513 g/mol. The minimum absolute atomic E-state index is 0.0198. The Labute approximate surface area is 230 Å². The van der Waals surface area contributed by atoms with Gasteiger partial charge in [-0.3, -0.25) is 4.79 Å². The molecule has 0 bridgehead atoms. The molecule has 7 rings (SSSR count). The summed E-state index contributed by atoms with van der Waals surface area (Å²) in [4.78, 5) is 23.8. The van der Waals surface area contributed by atoms with E-state index in [4.69, 9.17) is 4.98 Å². The summed E-state index contributed by atoms with van der Waals surface area (Å²) in [5.41, 5.74) is 5.20. The Morgan fingerprint density at radius 1 is 1.03 bits per heavy atom. The maximum Gasteiger partial charge on any atom is 0.273 e. The van der Waals surface area contributed by atoms with Crippen molar-refractivity contribution in [3.05, 3.63) is 82.8 Å². The summed E-state index contributed by atoms with van der Waals surface area (Å²) < 4.78 is 15.4. The highest BCUT2D eigenvalue weighted by Crippen LogP contribution is 2.46. The summed E-state index contributed by atoms with van der Waals surface area (Å²) in [6.45, 7) is 3.29. The first-order chi connectivity index (χ1) is 18.9. The first-order valence-corrected chi connectivity index (χ1v) is 14.4. The van der Waals surface area contributed by atoms with E-state index in [1.54, 1.807) is 11.0 Å². The number of amides is 1. The number of carbonyl (C=O) groups is 1. The van der Waals surface area contributed by atoms with E-state index >= 15 is 4.39 Å². The molecule has 0 spiro atoms. The quantitative estimate of drug-likeness (QED) is 0.366. The number of thiophene rings is 1. The minimum Gasteiger partial charge on any atom is -0.389 e. The second kappa shape index (κ2) is 9.40. The van der Waals surface area contributed by atoms with Crippen LogP contribution >= 0.6 is 11.3 Å².